The number of rotatable bonds is 2. The molecule has 0 heterocycles. The highest BCUT2D eigenvalue weighted by Crippen LogP contribution is 2.37. The minimum Gasteiger partial charge on any atom is -0.404 e. The van der Waals surface area contributed by atoms with Crippen LogP contribution in [0.15, 0.2) is 16.6 Å². The molecule has 0 spiro atoms. The molecule has 1 aromatic rings. The van der Waals surface area contributed by atoms with Gasteiger partial charge in [-0.1, -0.05) is 0 Å². The highest BCUT2D eigenvalue weighted by atomic mass is 79.9. The van der Waals surface area contributed by atoms with Crippen LogP contribution in [0.5, 0.6) is 5.75 Å². The van der Waals surface area contributed by atoms with Crippen LogP contribution >= 0.6 is 15.9 Å². The number of carbonyl (C=O) groups is 1. The Morgan fingerprint density at radius 1 is 1.44 bits per heavy atom. The summed E-state index contributed by atoms with van der Waals surface area (Å²) in [5.41, 5.74) is 5.28. The number of hydrogen-bond donors (Lipinski definition) is 1. The molecule has 0 saturated carbocycles. The first-order valence-corrected chi connectivity index (χ1v) is 4.86. The van der Waals surface area contributed by atoms with Crippen LogP contribution in [0.25, 0.3) is 0 Å². The summed E-state index contributed by atoms with van der Waals surface area (Å²) < 4.78 is 40.0. The zero-order valence-electron chi connectivity index (χ0n) is 8.06. The molecule has 2 N–H and O–H groups in total. The molecule has 88 valence electrons. The number of nitrogen functional groups attached to an aromatic ring is 1. The Balaban J connectivity index is 3.32. The van der Waals surface area contributed by atoms with Crippen LogP contribution in [0.3, 0.4) is 0 Å². The van der Waals surface area contributed by atoms with Crippen molar-refractivity contribution in [3.8, 4) is 5.75 Å². The van der Waals surface area contributed by atoms with Crippen molar-refractivity contribution in [1.82, 2.24) is 0 Å². The number of anilines is 1. The molecule has 7 heteroatoms. The summed E-state index contributed by atoms with van der Waals surface area (Å²) in [5.74, 6) is -1.15. The summed E-state index contributed by atoms with van der Waals surface area (Å²) in [6.07, 6.45) is -4.87. The first kappa shape index (κ1) is 12.8. The van der Waals surface area contributed by atoms with Crippen LogP contribution in [-0.4, -0.2) is 12.1 Å². The number of ketones is 1. The van der Waals surface area contributed by atoms with Crippen molar-refractivity contribution in [1.29, 1.82) is 0 Å². The molecule has 0 amide bonds. The minimum atomic E-state index is -4.87. The Hall–Kier alpha value is -1.24. The van der Waals surface area contributed by atoms with Gasteiger partial charge in [0.25, 0.3) is 0 Å². The minimum absolute atomic E-state index is 0.0595. The number of ether oxygens (including phenoxy) is 1. The van der Waals surface area contributed by atoms with Crippen molar-refractivity contribution in [3.63, 3.8) is 0 Å². The molecule has 1 aromatic carbocycles. The van der Waals surface area contributed by atoms with E-state index in [4.69, 9.17) is 5.73 Å². The molecule has 0 aliphatic heterocycles. The monoisotopic (exact) mass is 297 g/mol. The van der Waals surface area contributed by atoms with Gasteiger partial charge in [0.05, 0.1) is 10.0 Å². The van der Waals surface area contributed by atoms with Gasteiger partial charge in [-0.25, -0.2) is 0 Å². The van der Waals surface area contributed by atoms with Crippen LogP contribution in [0.4, 0.5) is 18.9 Å². The van der Waals surface area contributed by atoms with Gasteiger partial charge in [0, 0.05) is 5.69 Å². The smallest absolute Gasteiger partial charge is 0.404 e. The fourth-order valence-corrected chi connectivity index (χ4v) is 1.49. The molecule has 0 fully saturated rings. The van der Waals surface area contributed by atoms with Gasteiger partial charge >= 0.3 is 6.36 Å². The third-order valence-corrected chi connectivity index (χ3v) is 2.54. The van der Waals surface area contributed by atoms with Crippen molar-refractivity contribution in [2.24, 2.45) is 0 Å². The van der Waals surface area contributed by atoms with E-state index in [1.165, 1.54) is 12.1 Å². The van der Waals surface area contributed by atoms with Crippen molar-refractivity contribution in [2.45, 2.75) is 13.3 Å². The zero-order valence-corrected chi connectivity index (χ0v) is 9.65. The predicted octanol–water partition coefficient (Wildman–Crippen LogP) is 3.13. The Labute approximate surface area is 97.5 Å². The molecule has 0 aliphatic rings. The molecule has 0 atom stereocenters. The molecule has 3 nitrogen and oxygen atoms in total. The molecule has 0 aliphatic carbocycles. The van der Waals surface area contributed by atoms with E-state index in [1.54, 1.807) is 0 Å². The van der Waals surface area contributed by atoms with Crippen LogP contribution in [0.2, 0.25) is 0 Å². The second-order valence-electron chi connectivity index (χ2n) is 2.95. The number of alkyl halides is 3. The molecule has 0 aromatic heterocycles. The van der Waals surface area contributed by atoms with Crippen molar-refractivity contribution in [2.75, 3.05) is 5.73 Å². The topological polar surface area (TPSA) is 52.3 Å². The Morgan fingerprint density at radius 2 is 2.00 bits per heavy atom. The molecule has 0 saturated heterocycles. The Bertz CT molecular complexity index is 431. The van der Waals surface area contributed by atoms with E-state index in [1.807, 2.05) is 0 Å². The lowest BCUT2D eigenvalue weighted by Crippen LogP contribution is -2.19. The highest BCUT2D eigenvalue weighted by Gasteiger charge is 2.34. The molecule has 0 unspecified atom stereocenters. The van der Waals surface area contributed by atoms with E-state index < -0.39 is 17.9 Å². The predicted molar refractivity (Wildman–Crippen MR) is 55.2 cm³/mol. The van der Waals surface area contributed by atoms with Gasteiger partial charge in [-0.05, 0) is 35.0 Å². The lowest BCUT2D eigenvalue weighted by atomic mass is 10.1. The summed E-state index contributed by atoms with van der Waals surface area (Å²) in [7, 11) is 0. The number of benzene rings is 1. The number of hydrogen-bond acceptors (Lipinski definition) is 3. The largest absolute Gasteiger partial charge is 0.573 e. The first-order valence-electron chi connectivity index (χ1n) is 4.07. The second kappa shape index (κ2) is 4.32. The summed E-state index contributed by atoms with van der Waals surface area (Å²) in [4.78, 5) is 11.1. The van der Waals surface area contributed by atoms with Gasteiger partial charge in [-0.15, -0.1) is 13.2 Å². The number of nitrogens with two attached hydrogens (primary N) is 1. The lowest BCUT2D eigenvalue weighted by molar-refractivity contribution is -0.274. The molecule has 1 rings (SSSR count). The maximum atomic E-state index is 12.1. The molecule has 0 bridgehead atoms. The first-order chi connectivity index (χ1) is 7.22. The normalized spacial score (nSPS) is 11.3. The quantitative estimate of drug-likeness (QED) is 0.674. The summed E-state index contributed by atoms with van der Waals surface area (Å²) in [6.45, 7) is 1.14. The standard InChI is InChI=1S/C9H7BrF3NO2/c1-4(15)5-2-3-6(14)7(10)8(5)16-9(11,12)13/h2-3H,14H2,1H3. The molecular weight excluding hydrogens is 291 g/mol. The third kappa shape index (κ3) is 2.88. The van der Waals surface area contributed by atoms with Crippen molar-refractivity contribution in [3.05, 3.63) is 22.2 Å². The van der Waals surface area contributed by atoms with Crippen LogP contribution in [0.1, 0.15) is 17.3 Å². The van der Waals surface area contributed by atoms with E-state index in [0.29, 0.717) is 0 Å². The summed E-state index contributed by atoms with van der Waals surface area (Å²) in [6, 6.07) is 2.51. The molecule has 16 heavy (non-hydrogen) atoms. The van der Waals surface area contributed by atoms with Crippen LogP contribution in [0, 0.1) is 0 Å². The average molecular weight is 298 g/mol. The van der Waals surface area contributed by atoms with Crippen molar-refractivity contribution >= 4 is 27.4 Å². The Kier molecular flexibility index (Phi) is 3.47. The van der Waals surface area contributed by atoms with Gasteiger partial charge in [0.1, 0.15) is 0 Å². The maximum Gasteiger partial charge on any atom is 0.573 e. The van der Waals surface area contributed by atoms with Crippen LogP contribution in [-0.2, 0) is 0 Å². The summed E-state index contributed by atoms with van der Waals surface area (Å²) >= 11 is 2.85. The zero-order chi connectivity index (χ0) is 12.5. The SMILES string of the molecule is CC(=O)c1ccc(N)c(Br)c1OC(F)(F)F. The lowest BCUT2D eigenvalue weighted by Gasteiger charge is -2.14. The number of halogens is 4. The summed E-state index contributed by atoms with van der Waals surface area (Å²) in [5, 5.41) is 0. The number of carbonyl (C=O) groups excluding carboxylic acids is 1. The van der Waals surface area contributed by atoms with E-state index >= 15 is 0 Å². The van der Waals surface area contributed by atoms with Crippen molar-refractivity contribution < 1.29 is 22.7 Å². The fourth-order valence-electron chi connectivity index (χ4n) is 1.06. The van der Waals surface area contributed by atoms with Gasteiger partial charge < -0.3 is 10.5 Å². The third-order valence-electron chi connectivity index (χ3n) is 1.72. The number of Topliss-reactive ketones (excluding diaryl/α,β-unsaturated/α-hetero) is 1. The van der Waals surface area contributed by atoms with E-state index in [-0.39, 0.29) is 15.7 Å². The molecule has 0 radical (unpaired) electrons. The van der Waals surface area contributed by atoms with Gasteiger partial charge in [-0.3, -0.25) is 4.79 Å². The van der Waals surface area contributed by atoms with E-state index in [0.717, 1.165) is 6.92 Å². The Morgan fingerprint density at radius 3 is 2.44 bits per heavy atom. The van der Waals surface area contributed by atoms with Gasteiger partial charge in [0.15, 0.2) is 11.5 Å². The maximum absolute atomic E-state index is 12.1. The fraction of sp³-hybridized carbons (Fsp3) is 0.222. The average Bonchev–Trinajstić information content (AvgIpc) is 2.10. The van der Waals surface area contributed by atoms with Gasteiger partial charge in [0.2, 0.25) is 0 Å². The highest BCUT2D eigenvalue weighted by molar-refractivity contribution is 9.10. The van der Waals surface area contributed by atoms with Gasteiger partial charge in [-0.2, -0.15) is 0 Å². The van der Waals surface area contributed by atoms with Crippen LogP contribution < -0.4 is 10.5 Å². The van der Waals surface area contributed by atoms with E-state index in [9.17, 15) is 18.0 Å². The second-order valence-corrected chi connectivity index (χ2v) is 3.74. The molecular formula is C9H7BrF3NO2. The van der Waals surface area contributed by atoms with E-state index in [2.05, 4.69) is 20.7 Å².